The first-order chi connectivity index (χ1) is 12.8. The number of hydrogen-bond donors (Lipinski definition) is 1. The van der Waals surface area contributed by atoms with Crippen molar-refractivity contribution >= 4 is 35.2 Å². The zero-order chi connectivity index (χ0) is 17.8. The van der Waals surface area contributed by atoms with Crippen LogP contribution in [0.1, 0.15) is 11.5 Å². The molecule has 0 bridgehead atoms. The van der Waals surface area contributed by atoms with E-state index in [9.17, 15) is 0 Å². The van der Waals surface area contributed by atoms with Gasteiger partial charge in [-0.3, -0.25) is 0 Å². The number of furan rings is 2. The molecule has 1 N–H and O–H groups in total. The van der Waals surface area contributed by atoms with Gasteiger partial charge < -0.3 is 14.2 Å². The van der Waals surface area contributed by atoms with Crippen LogP contribution in [0.2, 0.25) is 5.02 Å². The Morgan fingerprint density at radius 2 is 1.42 bits per heavy atom. The number of nitrogens with zero attached hydrogens (tertiary/aromatic N) is 1. The quantitative estimate of drug-likeness (QED) is 0.679. The van der Waals surface area contributed by atoms with E-state index in [4.69, 9.17) is 25.4 Å². The van der Waals surface area contributed by atoms with Crippen molar-refractivity contribution in [3.63, 3.8) is 0 Å². The largest absolute Gasteiger partial charge is 0.465 e. The summed E-state index contributed by atoms with van der Waals surface area (Å²) >= 11 is 6.00. The minimum absolute atomic E-state index is 0.692. The highest BCUT2D eigenvalue weighted by atomic mass is 35.5. The molecule has 2 aromatic heterocycles. The normalized spacial score (nSPS) is 17.8. The van der Waals surface area contributed by atoms with Crippen LogP contribution in [0.4, 0.5) is 5.69 Å². The van der Waals surface area contributed by atoms with Gasteiger partial charge in [0.2, 0.25) is 0 Å². The maximum absolute atomic E-state index is 6.00. The number of halogens is 1. The third-order valence-corrected chi connectivity index (χ3v) is 4.28. The van der Waals surface area contributed by atoms with Crippen molar-refractivity contribution in [2.75, 3.05) is 13.1 Å². The zero-order valence-corrected chi connectivity index (χ0v) is 14.7. The van der Waals surface area contributed by atoms with E-state index in [1.54, 1.807) is 12.5 Å². The predicted octanol–water partition coefficient (Wildman–Crippen LogP) is 5.37. The molecule has 3 heterocycles. The van der Waals surface area contributed by atoms with E-state index in [2.05, 4.69) is 5.32 Å². The summed E-state index contributed by atoms with van der Waals surface area (Å²) in [6, 6.07) is 15.1. The average molecular weight is 365 g/mol. The molecule has 0 amide bonds. The molecule has 1 aliphatic heterocycles. The summed E-state index contributed by atoms with van der Waals surface area (Å²) in [7, 11) is 0. The second-order valence-electron chi connectivity index (χ2n) is 5.91. The van der Waals surface area contributed by atoms with Crippen LogP contribution in [0.3, 0.4) is 0 Å². The standard InChI is InChI=1S/C21H17ClN2O2/c22-17-5-7-18(8-6-17)24-21-15(11-19-3-1-9-25-19)13-23-14-16(21)12-20-4-2-10-26-20/h1-12,23H,13-14H2/b15-11+,16-12+. The molecule has 0 aliphatic carbocycles. The molecule has 130 valence electrons. The van der Waals surface area contributed by atoms with Crippen LogP contribution in [0.15, 0.2) is 86.0 Å². The Bertz CT molecular complexity index is 896. The summed E-state index contributed by atoms with van der Waals surface area (Å²) in [6.45, 7) is 1.42. The summed E-state index contributed by atoms with van der Waals surface area (Å²) in [6.07, 6.45) is 7.35. The fraction of sp³-hybridized carbons (Fsp3) is 0.0952. The van der Waals surface area contributed by atoms with E-state index in [1.165, 1.54) is 0 Å². The fourth-order valence-corrected chi connectivity index (χ4v) is 2.95. The topological polar surface area (TPSA) is 50.7 Å². The van der Waals surface area contributed by atoms with Crippen molar-refractivity contribution in [3.8, 4) is 0 Å². The van der Waals surface area contributed by atoms with Gasteiger partial charge in [0.25, 0.3) is 0 Å². The number of hydrogen-bond acceptors (Lipinski definition) is 4. The SMILES string of the molecule is Clc1ccc(N=C2/C(=C/c3ccco3)CNC/C2=C\c2ccco2)cc1. The van der Waals surface area contributed by atoms with E-state index in [0.717, 1.165) is 34.1 Å². The number of nitrogens with one attached hydrogen (secondary N) is 1. The van der Waals surface area contributed by atoms with Crippen LogP contribution >= 0.6 is 11.6 Å². The number of aliphatic imine (C=N–C) groups is 1. The maximum atomic E-state index is 6.00. The third kappa shape index (κ3) is 3.87. The van der Waals surface area contributed by atoms with Gasteiger partial charge >= 0.3 is 0 Å². The second-order valence-corrected chi connectivity index (χ2v) is 6.35. The number of piperidine rings is 1. The molecule has 0 saturated carbocycles. The predicted molar refractivity (Wildman–Crippen MR) is 105 cm³/mol. The van der Waals surface area contributed by atoms with Gasteiger partial charge in [-0.1, -0.05) is 11.6 Å². The van der Waals surface area contributed by atoms with Crippen LogP contribution in [0, 0.1) is 0 Å². The molecule has 5 heteroatoms. The van der Waals surface area contributed by atoms with E-state index in [-0.39, 0.29) is 0 Å². The molecule has 4 rings (SSSR count). The van der Waals surface area contributed by atoms with Crippen LogP contribution in [0.5, 0.6) is 0 Å². The highest BCUT2D eigenvalue weighted by molar-refractivity contribution is 6.30. The zero-order valence-electron chi connectivity index (χ0n) is 14.0. The number of rotatable bonds is 3. The molecule has 1 aromatic carbocycles. The Kier molecular flexibility index (Phi) is 4.86. The second kappa shape index (κ2) is 7.60. The lowest BCUT2D eigenvalue weighted by Gasteiger charge is -2.21. The molecule has 0 radical (unpaired) electrons. The van der Waals surface area contributed by atoms with Crippen molar-refractivity contribution in [2.45, 2.75) is 0 Å². The Hall–Kier alpha value is -2.82. The van der Waals surface area contributed by atoms with Gasteiger partial charge in [-0.2, -0.15) is 0 Å². The van der Waals surface area contributed by atoms with Crippen molar-refractivity contribution < 1.29 is 8.83 Å². The molecular formula is C21H17ClN2O2. The summed E-state index contributed by atoms with van der Waals surface area (Å²) < 4.78 is 11.0. The highest BCUT2D eigenvalue weighted by Gasteiger charge is 2.19. The molecular weight excluding hydrogens is 348 g/mol. The molecule has 1 fully saturated rings. The molecule has 0 spiro atoms. The lowest BCUT2D eigenvalue weighted by atomic mass is 9.96. The average Bonchev–Trinajstić information content (AvgIpc) is 3.33. The van der Waals surface area contributed by atoms with Gasteiger partial charge in [0.1, 0.15) is 11.5 Å². The molecule has 0 atom stereocenters. The van der Waals surface area contributed by atoms with E-state index in [1.807, 2.05) is 60.7 Å². The van der Waals surface area contributed by atoms with Crippen LogP contribution in [-0.2, 0) is 0 Å². The lowest BCUT2D eigenvalue weighted by molar-refractivity contribution is 0.556. The van der Waals surface area contributed by atoms with Crippen molar-refractivity contribution in [2.24, 2.45) is 4.99 Å². The summed E-state index contributed by atoms with van der Waals surface area (Å²) in [5, 5.41) is 4.10. The first kappa shape index (κ1) is 16.6. The Balaban J connectivity index is 1.79. The highest BCUT2D eigenvalue weighted by Crippen LogP contribution is 2.24. The van der Waals surface area contributed by atoms with Crippen LogP contribution < -0.4 is 5.32 Å². The van der Waals surface area contributed by atoms with Gasteiger partial charge in [-0.25, -0.2) is 4.99 Å². The summed E-state index contributed by atoms with van der Waals surface area (Å²) in [5.74, 6) is 1.59. The molecule has 1 saturated heterocycles. The van der Waals surface area contributed by atoms with Gasteiger partial charge in [0.15, 0.2) is 0 Å². The Morgan fingerprint density at radius 1 is 0.846 bits per heavy atom. The van der Waals surface area contributed by atoms with Crippen LogP contribution in [-0.4, -0.2) is 18.8 Å². The summed E-state index contributed by atoms with van der Waals surface area (Å²) in [5.41, 5.74) is 3.87. The molecule has 3 aromatic rings. The summed E-state index contributed by atoms with van der Waals surface area (Å²) in [4.78, 5) is 4.88. The van der Waals surface area contributed by atoms with Gasteiger partial charge in [-0.05, 0) is 71.8 Å². The van der Waals surface area contributed by atoms with E-state index >= 15 is 0 Å². The third-order valence-electron chi connectivity index (χ3n) is 4.03. The Morgan fingerprint density at radius 3 is 1.92 bits per heavy atom. The van der Waals surface area contributed by atoms with Crippen molar-refractivity contribution in [3.05, 3.63) is 88.7 Å². The first-order valence-corrected chi connectivity index (χ1v) is 8.69. The molecule has 0 unspecified atom stereocenters. The maximum Gasteiger partial charge on any atom is 0.127 e. The molecule has 26 heavy (non-hydrogen) atoms. The van der Waals surface area contributed by atoms with Crippen molar-refractivity contribution in [1.29, 1.82) is 0 Å². The van der Waals surface area contributed by atoms with Crippen molar-refractivity contribution in [1.82, 2.24) is 5.32 Å². The van der Waals surface area contributed by atoms with Gasteiger partial charge in [-0.15, -0.1) is 0 Å². The lowest BCUT2D eigenvalue weighted by Crippen LogP contribution is -2.32. The molecule has 4 nitrogen and oxygen atoms in total. The Labute approximate surface area is 156 Å². The number of benzene rings is 1. The van der Waals surface area contributed by atoms with Gasteiger partial charge in [0, 0.05) is 18.1 Å². The monoisotopic (exact) mass is 364 g/mol. The fourth-order valence-electron chi connectivity index (χ4n) is 2.82. The molecule has 1 aliphatic rings. The minimum atomic E-state index is 0.692. The smallest absolute Gasteiger partial charge is 0.127 e. The first-order valence-electron chi connectivity index (χ1n) is 8.32. The van der Waals surface area contributed by atoms with E-state index in [0.29, 0.717) is 18.1 Å². The van der Waals surface area contributed by atoms with E-state index < -0.39 is 0 Å². The van der Waals surface area contributed by atoms with Crippen LogP contribution in [0.25, 0.3) is 12.2 Å². The minimum Gasteiger partial charge on any atom is -0.465 e. The van der Waals surface area contributed by atoms with Gasteiger partial charge in [0.05, 0.1) is 23.9 Å².